The van der Waals surface area contributed by atoms with Crippen LogP contribution in [0.15, 0.2) is 59.1 Å². The molecule has 1 aromatic heterocycles. The van der Waals surface area contributed by atoms with Crippen molar-refractivity contribution in [2.45, 2.75) is 19.6 Å². The molecule has 0 spiro atoms. The van der Waals surface area contributed by atoms with Gasteiger partial charge in [-0.25, -0.2) is 0 Å². The number of hydrogen-bond donors (Lipinski definition) is 1. The Morgan fingerprint density at radius 2 is 1.85 bits per heavy atom. The summed E-state index contributed by atoms with van der Waals surface area (Å²) in [5, 5.41) is 11.0. The monoisotopic (exact) mass is 329 g/mol. The summed E-state index contributed by atoms with van der Waals surface area (Å²) in [4.78, 5) is 0. The molecule has 0 bridgehead atoms. The van der Waals surface area contributed by atoms with E-state index < -0.39 is 0 Å². The van der Waals surface area contributed by atoms with Gasteiger partial charge in [-0.1, -0.05) is 46.3 Å². The molecule has 3 heteroatoms. The number of hydrogen-bond acceptors (Lipinski definition) is 1. The number of rotatable bonds is 3. The Hall–Kier alpha value is -1.58. The lowest BCUT2D eigenvalue weighted by Crippen LogP contribution is -2.12. The summed E-state index contributed by atoms with van der Waals surface area (Å²) in [5.41, 5.74) is 3.45. The SMILES string of the molecule is CC(O)Cn1c(-c2ccccc2)cc2cc(Br)ccc21. The third-order valence-electron chi connectivity index (χ3n) is 3.38. The van der Waals surface area contributed by atoms with E-state index in [2.05, 4.69) is 50.8 Å². The van der Waals surface area contributed by atoms with Crippen LogP contribution in [0.1, 0.15) is 6.92 Å². The van der Waals surface area contributed by atoms with Crippen molar-refractivity contribution in [1.29, 1.82) is 0 Å². The van der Waals surface area contributed by atoms with Crippen molar-refractivity contribution in [3.63, 3.8) is 0 Å². The molecule has 1 N–H and O–H groups in total. The fourth-order valence-corrected chi connectivity index (χ4v) is 2.93. The van der Waals surface area contributed by atoms with Crippen LogP contribution in [0.25, 0.3) is 22.2 Å². The van der Waals surface area contributed by atoms with Crippen molar-refractivity contribution in [1.82, 2.24) is 4.57 Å². The third kappa shape index (κ3) is 2.51. The highest BCUT2D eigenvalue weighted by atomic mass is 79.9. The second kappa shape index (κ2) is 5.43. The van der Waals surface area contributed by atoms with Crippen molar-refractivity contribution in [3.8, 4) is 11.3 Å². The number of halogens is 1. The molecule has 0 fully saturated rings. The van der Waals surface area contributed by atoms with E-state index >= 15 is 0 Å². The van der Waals surface area contributed by atoms with Gasteiger partial charge >= 0.3 is 0 Å². The minimum absolute atomic E-state index is 0.378. The molecule has 0 amide bonds. The maximum Gasteiger partial charge on any atom is 0.0691 e. The largest absolute Gasteiger partial charge is 0.392 e. The minimum Gasteiger partial charge on any atom is -0.392 e. The van der Waals surface area contributed by atoms with Gasteiger partial charge in [0, 0.05) is 27.6 Å². The van der Waals surface area contributed by atoms with Gasteiger partial charge in [0.2, 0.25) is 0 Å². The summed E-state index contributed by atoms with van der Waals surface area (Å²) >= 11 is 3.51. The van der Waals surface area contributed by atoms with Gasteiger partial charge in [0.1, 0.15) is 0 Å². The van der Waals surface area contributed by atoms with E-state index in [1.165, 1.54) is 10.9 Å². The van der Waals surface area contributed by atoms with Crippen molar-refractivity contribution < 1.29 is 5.11 Å². The maximum absolute atomic E-state index is 9.78. The fraction of sp³-hybridized carbons (Fsp3) is 0.176. The van der Waals surface area contributed by atoms with Crippen LogP contribution in [0, 0.1) is 0 Å². The van der Waals surface area contributed by atoms with E-state index in [4.69, 9.17) is 0 Å². The van der Waals surface area contributed by atoms with E-state index in [-0.39, 0.29) is 6.10 Å². The molecule has 1 unspecified atom stereocenters. The number of aliphatic hydroxyl groups excluding tert-OH is 1. The van der Waals surface area contributed by atoms with Crippen LogP contribution < -0.4 is 0 Å². The van der Waals surface area contributed by atoms with Gasteiger partial charge in [0.05, 0.1) is 6.10 Å². The molecule has 20 heavy (non-hydrogen) atoms. The zero-order valence-corrected chi connectivity index (χ0v) is 12.8. The Kier molecular flexibility index (Phi) is 3.64. The molecule has 3 rings (SSSR count). The molecule has 1 heterocycles. The first kappa shape index (κ1) is 13.4. The van der Waals surface area contributed by atoms with Crippen LogP contribution >= 0.6 is 15.9 Å². The molecule has 3 aromatic rings. The van der Waals surface area contributed by atoms with Crippen LogP contribution in [-0.2, 0) is 6.54 Å². The van der Waals surface area contributed by atoms with Crippen LogP contribution in [0.5, 0.6) is 0 Å². The van der Waals surface area contributed by atoms with Gasteiger partial charge in [0.25, 0.3) is 0 Å². The number of fused-ring (bicyclic) bond motifs is 1. The Labute approximate surface area is 126 Å². The highest BCUT2D eigenvalue weighted by Crippen LogP contribution is 2.30. The zero-order chi connectivity index (χ0) is 14.1. The zero-order valence-electron chi connectivity index (χ0n) is 11.3. The quantitative estimate of drug-likeness (QED) is 0.754. The average Bonchev–Trinajstić information content (AvgIpc) is 2.77. The molecule has 2 nitrogen and oxygen atoms in total. The molecule has 0 aliphatic heterocycles. The van der Waals surface area contributed by atoms with Crippen molar-refractivity contribution in [2.24, 2.45) is 0 Å². The van der Waals surface area contributed by atoms with E-state index in [9.17, 15) is 5.11 Å². The first-order valence-corrected chi connectivity index (χ1v) is 7.47. The lowest BCUT2D eigenvalue weighted by Gasteiger charge is -2.13. The molecule has 0 saturated carbocycles. The summed E-state index contributed by atoms with van der Waals surface area (Å²) < 4.78 is 3.25. The van der Waals surface area contributed by atoms with E-state index in [1.807, 2.05) is 31.2 Å². The van der Waals surface area contributed by atoms with E-state index in [1.54, 1.807) is 0 Å². The molecule has 1 atom stereocenters. The van der Waals surface area contributed by atoms with Crippen molar-refractivity contribution in [2.75, 3.05) is 0 Å². The Balaban J connectivity index is 2.24. The molecule has 0 radical (unpaired) electrons. The molecule has 102 valence electrons. The second-order valence-corrected chi connectivity index (χ2v) is 5.97. The summed E-state index contributed by atoms with van der Waals surface area (Å²) in [6, 6.07) is 18.7. The first-order valence-electron chi connectivity index (χ1n) is 6.67. The Morgan fingerprint density at radius 3 is 2.55 bits per heavy atom. The smallest absolute Gasteiger partial charge is 0.0691 e. The van der Waals surface area contributed by atoms with Gasteiger partial charge in [-0.05, 0) is 36.8 Å². The number of aromatic nitrogens is 1. The summed E-state index contributed by atoms with van der Waals surface area (Å²) in [7, 11) is 0. The third-order valence-corrected chi connectivity index (χ3v) is 3.87. The van der Waals surface area contributed by atoms with Gasteiger partial charge < -0.3 is 9.67 Å². The normalized spacial score (nSPS) is 12.8. The number of aliphatic hydroxyl groups is 1. The lowest BCUT2D eigenvalue weighted by atomic mass is 10.1. The predicted octanol–water partition coefficient (Wildman–Crippen LogP) is 4.45. The summed E-state index contributed by atoms with van der Waals surface area (Å²) in [6.45, 7) is 2.41. The lowest BCUT2D eigenvalue weighted by molar-refractivity contribution is 0.176. The van der Waals surface area contributed by atoms with Crippen LogP contribution in [0.4, 0.5) is 0 Å². The van der Waals surface area contributed by atoms with Crippen LogP contribution in [-0.4, -0.2) is 15.8 Å². The number of nitrogens with zero attached hydrogens (tertiary/aromatic N) is 1. The number of benzene rings is 2. The molecular formula is C17H16BrNO. The van der Waals surface area contributed by atoms with Crippen LogP contribution in [0.2, 0.25) is 0 Å². The fourth-order valence-electron chi connectivity index (χ4n) is 2.55. The van der Waals surface area contributed by atoms with Crippen molar-refractivity contribution >= 4 is 26.8 Å². The van der Waals surface area contributed by atoms with Gasteiger partial charge in [-0.3, -0.25) is 0 Å². The highest BCUT2D eigenvalue weighted by Gasteiger charge is 2.12. The van der Waals surface area contributed by atoms with Crippen molar-refractivity contribution in [3.05, 3.63) is 59.1 Å². The topological polar surface area (TPSA) is 25.2 Å². The second-order valence-electron chi connectivity index (χ2n) is 5.06. The Bertz CT molecular complexity index is 731. The molecule has 0 aliphatic rings. The molecule has 0 saturated heterocycles. The van der Waals surface area contributed by atoms with Crippen LogP contribution in [0.3, 0.4) is 0 Å². The average molecular weight is 330 g/mol. The molecule has 0 aliphatic carbocycles. The van der Waals surface area contributed by atoms with E-state index in [0.29, 0.717) is 6.54 Å². The van der Waals surface area contributed by atoms with Gasteiger partial charge in [0.15, 0.2) is 0 Å². The first-order chi connectivity index (χ1) is 9.65. The standard InChI is InChI=1S/C17H16BrNO/c1-12(20)11-19-16-8-7-15(18)9-14(16)10-17(19)13-5-3-2-4-6-13/h2-10,12,20H,11H2,1H3. The Morgan fingerprint density at radius 1 is 1.10 bits per heavy atom. The predicted molar refractivity (Wildman–Crippen MR) is 86.8 cm³/mol. The summed E-state index contributed by atoms with van der Waals surface area (Å²) in [6.07, 6.45) is -0.378. The molecule has 2 aromatic carbocycles. The minimum atomic E-state index is -0.378. The van der Waals surface area contributed by atoms with Gasteiger partial charge in [-0.15, -0.1) is 0 Å². The van der Waals surface area contributed by atoms with E-state index in [0.717, 1.165) is 15.7 Å². The van der Waals surface area contributed by atoms with Gasteiger partial charge in [-0.2, -0.15) is 0 Å². The maximum atomic E-state index is 9.78. The molecular weight excluding hydrogens is 314 g/mol. The summed E-state index contributed by atoms with van der Waals surface area (Å²) in [5.74, 6) is 0. The highest BCUT2D eigenvalue weighted by molar-refractivity contribution is 9.10.